The summed E-state index contributed by atoms with van der Waals surface area (Å²) in [6, 6.07) is 23.2. The summed E-state index contributed by atoms with van der Waals surface area (Å²) in [6.07, 6.45) is -3.05. The molecule has 0 saturated carbocycles. The van der Waals surface area contributed by atoms with E-state index in [4.69, 9.17) is 14.6 Å². The largest absolute Gasteiger partial charge is 0.478 e. The van der Waals surface area contributed by atoms with Gasteiger partial charge in [0.2, 0.25) is 12.2 Å². The van der Waals surface area contributed by atoms with Crippen LogP contribution < -0.4 is 10.8 Å². The van der Waals surface area contributed by atoms with Gasteiger partial charge in [0, 0.05) is 26.3 Å². The second-order valence-corrected chi connectivity index (χ2v) is 9.06. The highest BCUT2D eigenvalue weighted by atomic mass is 16.7. The number of carboxylic acid groups (broad SMARTS) is 2. The van der Waals surface area contributed by atoms with Crippen LogP contribution in [-0.4, -0.2) is 58.2 Å². The van der Waals surface area contributed by atoms with E-state index in [0.29, 0.717) is 16.7 Å². The molecule has 232 valence electrons. The highest BCUT2D eigenvalue weighted by Gasteiger charge is 2.34. The van der Waals surface area contributed by atoms with Crippen LogP contribution in [0.2, 0.25) is 0 Å². The SMILES string of the molecule is CC(=O)ON[C@@H](c1ccccc1)[C@@H](OC(C)=O)C(=O)O.CC(=O)O[C@@H](C(=O)O)[C@@H](NC(=O)c1ccccc1)c1ccccc1. The molecule has 44 heavy (non-hydrogen) atoms. The van der Waals surface area contributed by atoms with E-state index in [1.807, 2.05) is 0 Å². The molecule has 0 aliphatic carbocycles. The lowest BCUT2D eigenvalue weighted by Gasteiger charge is -2.25. The van der Waals surface area contributed by atoms with Gasteiger partial charge in [-0.15, -0.1) is 5.48 Å². The number of aliphatic carboxylic acids is 2. The Morgan fingerprint density at radius 3 is 1.34 bits per heavy atom. The number of hydrogen-bond donors (Lipinski definition) is 4. The van der Waals surface area contributed by atoms with E-state index < -0.39 is 60.0 Å². The van der Waals surface area contributed by atoms with Crippen molar-refractivity contribution in [2.45, 2.75) is 45.1 Å². The van der Waals surface area contributed by atoms with Gasteiger partial charge in [-0.05, 0) is 23.3 Å². The Hall–Kier alpha value is -5.56. The van der Waals surface area contributed by atoms with Gasteiger partial charge in [-0.1, -0.05) is 78.9 Å². The van der Waals surface area contributed by atoms with Crippen LogP contribution in [0.4, 0.5) is 0 Å². The maximum Gasteiger partial charge on any atom is 0.347 e. The van der Waals surface area contributed by atoms with E-state index in [1.165, 1.54) is 0 Å². The van der Waals surface area contributed by atoms with Gasteiger partial charge in [-0.25, -0.2) is 9.59 Å². The Kier molecular flexibility index (Phi) is 13.7. The Morgan fingerprint density at radius 2 is 0.955 bits per heavy atom. The van der Waals surface area contributed by atoms with Crippen molar-refractivity contribution in [2.24, 2.45) is 0 Å². The summed E-state index contributed by atoms with van der Waals surface area (Å²) in [6.45, 7) is 3.39. The van der Waals surface area contributed by atoms with Crippen LogP contribution in [0.1, 0.15) is 54.3 Å². The summed E-state index contributed by atoms with van der Waals surface area (Å²) in [5.74, 6) is -5.28. The number of carbonyl (C=O) groups excluding carboxylic acids is 4. The lowest BCUT2D eigenvalue weighted by atomic mass is 10.0. The van der Waals surface area contributed by atoms with Crippen LogP contribution >= 0.6 is 0 Å². The summed E-state index contributed by atoms with van der Waals surface area (Å²) in [5.41, 5.74) is 3.72. The van der Waals surface area contributed by atoms with Crippen LogP contribution in [0, 0.1) is 0 Å². The number of ether oxygens (including phenoxy) is 2. The number of hydroxylamine groups is 1. The maximum absolute atomic E-state index is 12.4. The van der Waals surface area contributed by atoms with Gasteiger partial charge in [0.05, 0.1) is 0 Å². The number of hydrogen-bond acceptors (Lipinski definition) is 10. The Balaban J connectivity index is 0.000000312. The molecule has 0 fully saturated rings. The van der Waals surface area contributed by atoms with Crippen LogP contribution in [-0.2, 0) is 38.3 Å². The molecular formula is C31H32N2O11. The quantitative estimate of drug-likeness (QED) is 0.134. The normalized spacial score (nSPS) is 12.9. The molecule has 3 rings (SSSR count). The van der Waals surface area contributed by atoms with Crippen molar-refractivity contribution in [1.29, 1.82) is 0 Å². The highest BCUT2D eigenvalue weighted by Crippen LogP contribution is 2.22. The first kappa shape index (κ1) is 34.6. The lowest BCUT2D eigenvalue weighted by molar-refractivity contribution is -0.171. The molecule has 4 N–H and O–H groups in total. The van der Waals surface area contributed by atoms with Gasteiger partial charge >= 0.3 is 29.8 Å². The predicted octanol–water partition coefficient (Wildman–Crippen LogP) is 2.99. The first-order valence-corrected chi connectivity index (χ1v) is 13.1. The number of benzene rings is 3. The molecular weight excluding hydrogens is 576 g/mol. The van der Waals surface area contributed by atoms with Crippen molar-refractivity contribution in [3.63, 3.8) is 0 Å². The zero-order chi connectivity index (χ0) is 32.6. The molecule has 4 atom stereocenters. The summed E-state index contributed by atoms with van der Waals surface area (Å²) in [7, 11) is 0. The molecule has 3 aromatic rings. The van der Waals surface area contributed by atoms with Crippen LogP contribution in [0.15, 0.2) is 91.0 Å². The fourth-order valence-electron chi connectivity index (χ4n) is 3.80. The van der Waals surface area contributed by atoms with E-state index >= 15 is 0 Å². The zero-order valence-corrected chi connectivity index (χ0v) is 24.0. The first-order chi connectivity index (χ1) is 20.9. The number of rotatable bonds is 12. The number of amides is 1. The molecule has 0 aliphatic rings. The van der Waals surface area contributed by atoms with E-state index in [2.05, 4.69) is 15.6 Å². The average Bonchev–Trinajstić information content (AvgIpc) is 2.99. The molecule has 1 amide bonds. The molecule has 13 nitrogen and oxygen atoms in total. The Labute approximate surface area is 252 Å². The topological polar surface area (TPSA) is 195 Å². The van der Waals surface area contributed by atoms with Crippen molar-refractivity contribution in [3.8, 4) is 0 Å². The molecule has 0 saturated heterocycles. The zero-order valence-electron chi connectivity index (χ0n) is 24.0. The van der Waals surface area contributed by atoms with E-state index in [-0.39, 0.29) is 0 Å². The van der Waals surface area contributed by atoms with E-state index in [0.717, 1.165) is 20.8 Å². The summed E-state index contributed by atoms with van der Waals surface area (Å²) < 4.78 is 9.68. The Bertz CT molecular complexity index is 1420. The van der Waals surface area contributed by atoms with Gasteiger partial charge < -0.3 is 29.8 Å². The van der Waals surface area contributed by atoms with Crippen LogP contribution in [0.5, 0.6) is 0 Å². The van der Waals surface area contributed by atoms with E-state index in [9.17, 15) is 33.9 Å². The molecule has 0 aromatic heterocycles. The van der Waals surface area contributed by atoms with Crippen LogP contribution in [0.3, 0.4) is 0 Å². The minimum atomic E-state index is -1.53. The summed E-state index contributed by atoms with van der Waals surface area (Å²) in [5, 5.41) is 21.2. The van der Waals surface area contributed by atoms with Crippen molar-refractivity contribution in [1.82, 2.24) is 10.8 Å². The molecule has 0 unspecified atom stereocenters. The van der Waals surface area contributed by atoms with Gasteiger partial charge in [0.25, 0.3) is 5.91 Å². The molecule has 0 heterocycles. The molecule has 0 bridgehead atoms. The third kappa shape index (κ3) is 11.4. The fourth-order valence-corrected chi connectivity index (χ4v) is 3.80. The maximum atomic E-state index is 12.4. The van der Waals surface area contributed by atoms with Gasteiger partial charge in [-0.2, -0.15) is 0 Å². The second kappa shape index (κ2) is 17.4. The molecule has 0 radical (unpaired) electrons. The molecule has 3 aromatic carbocycles. The monoisotopic (exact) mass is 608 g/mol. The standard InChI is InChI=1S/C18H17NO5.C13H15NO6/c1-12(20)24-16(18(22)23)15(13-8-4-2-5-9-13)19-17(21)14-10-6-3-7-11-14;1-8(15)19-12(13(17)18)11(14-20-9(2)16)10-6-4-3-5-7-10/h2-11,15-16H,1H3,(H,19,21)(H,22,23);3-7,11-12,14H,1-2H3,(H,17,18)/t15-,16+;11-,12+/m00/s1. The number of nitrogens with one attached hydrogen (secondary N) is 2. The molecule has 0 aliphatic heterocycles. The van der Waals surface area contributed by atoms with Crippen molar-refractivity contribution in [2.75, 3.05) is 0 Å². The summed E-state index contributed by atoms with van der Waals surface area (Å²) in [4.78, 5) is 72.9. The second-order valence-electron chi connectivity index (χ2n) is 9.06. The fraction of sp³-hybridized carbons (Fsp3) is 0.226. The van der Waals surface area contributed by atoms with Crippen molar-refractivity contribution in [3.05, 3.63) is 108 Å². The number of carbonyl (C=O) groups is 6. The van der Waals surface area contributed by atoms with Gasteiger partial charge in [0.15, 0.2) is 0 Å². The third-order valence-corrected chi connectivity index (χ3v) is 5.65. The summed E-state index contributed by atoms with van der Waals surface area (Å²) >= 11 is 0. The minimum absolute atomic E-state index is 0.380. The average molecular weight is 609 g/mol. The predicted molar refractivity (Wildman–Crippen MR) is 154 cm³/mol. The van der Waals surface area contributed by atoms with Crippen LogP contribution in [0.25, 0.3) is 0 Å². The smallest absolute Gasteiger partial charge is 0.347 e. The van der Waals surface area contributed by atoms with E-state index in [1.54, 1.807) is 91.0 Å². The number of esters is 2. The highest BCUT2D eigenvalue weighted by molar-refractivity contribution is 5.95. The Morgan fingerprint density at radius 1 is 0.568 bits per heavy atom. The van der Waals surface area contributed by atoms with Crippen molar-refractivity contribution < 1.29 is 53.3 Å². The molecule has 0 spiro atoms. The lowest BCUT2D eigenvalue weighted by Crippen LogP contribution is -2.42. The van der Waals surface area contributed by atoms with Crippen molar-refractivity contribution >= 4 is 35.8 Å². The number of carboxylic acids is 2. The molecule has 13 heteroatoms. The van der Waals surface area contributed by atoms with Gasteiger partial charge in [-0.3, -0.25) is 19.2 Å². The van der Waals surface area contributed by atoms with Gasteiger partial charge in [0.1, 0.15) is 12.1 Å². The first-order valence-electron chi connectivity index (χ1n) is 13.1. The third-order valence-electron chi connectivity index (χ3n) is 5.65. The minimum Gasteiger partial charge on any atom is -0.478 e.